The van der Waals surface area contributed by atoms with Crippen molar-refractivity contribution in [1.29, 1.82) is 0 Å². The van der Waals surface area contributed by atoms with Gasteiger partial charge in [-0.2, -0.15) is 0 Å². The highest BCUT2D eigenvalue weighted by atomic mass is 35.5. The van der Waals surface area contributed by atoms with Crippen molar-refractivity contribution in [1.82, 2.24) is 0 Å². The number of hydrogen-bond acceptors (Lipinski definition) is 0. The summed E-state index contributed by atoms with van der Waals surface area (Å²) < 4.78 is -0.417. The second kappa shape index (κ2) is 2.06. The molecule has 0 nitrogen and oxygen atoms in total. The van der Waals surface area contributed by atoms with Gasteiger partial charge in [-0.15, -0.1) is 23.2 Å². The molecule has 23 valence electrons. The normalized spacial score (nSPS) is 9.00. The van der Waals surface area contributed by atoms with Crippen LogP contribution in [0.3, 0.4) is 0 Å². The van der Waals surface area contributed by atoms with Crippen molar-refractivity contribution in [3.63, 3.8) is 0 Å². The van der Waals surface area contributed by atoms with Crippen LogP contribution in [0.4, 0.5) is 0 Å². The zero-order chi connectivity index (χ0) is 3.58. The van der Waals surface area contributed by atoms with Gasteiger partial charge in [0.05, 0.1) is 14.7 Å². The lowest BCUT2D eigenvalue weighted by atomic mass is 11.9. The van der Waals surface area contributed by atoms with Gasteiger partial charge in [-0.25, -0.2) is 0 Å². The Balaban J connectivity index is 2.32. The molecule has 0 aliphatic carbocycles. The second-order valence-electron chi connectivity index (χ2n) is 0.301. The molecule has 3 heteroatoms. The van der Waals surface area contributed by atoms with Gasteiger partial charge in [0.15, 0.2) is 0 Å². The Morgan fingerprint density at radius 3 is 1.50 bits per heavy atom. The summed E-state index contributed by atoms with van der Waals surface area (Å²) in [6, 6.07) is 0. The van der Waals surface area contributed by atoms with Crippen LogP contribution < -0.4 is 0 Å². The number of rotatable bonds is 0. The van der Waals surface area contributed by atoms with E-state index in [1.54, 1.807) is 0 Å². The third kappa shape index (κ3) is 14.2. The molecule has 0 saturated carbocycles. The summed E-state index contributed by atoms with van der Waals surface area (Å²) in [6.07, 6.45) is 0. The number of alkyl halides is 2. The highest BCUT2D eigenvalue weighted by Crippen LogP contribution is 1.90. The maximum atomic E-state index is 4.95. The van der Waals surface area contributed by atoms with Gasteiger partial charge in [-0.1, -0.05) is 0 Å². The highest BCUT2D eigenvalue weighted by molar-refractivity contribution is 6.60. The van der Waals surface area contributed by atoms with Crippen LogP contribution in [0.25, 0.3) is 0 Å². The van der Waals surface area contributed by atoms with E-state index in [-0.39, 0.29) is 0 Å². The maximum absolute atomic E-state index is 4.95. The maximum Gasteiger partial charge on any atom is 0.0898 e. The fourth-order valence-corrected chi connectivity index (χ4v) is 0. The van der Waals surface area contributed by atoms with Crippen LogP contribution in [0.2, 0.25) is 0 Å². The summed E-state index contributed by atoms with van der Waals surface area (Å²) in [7, 11) is 2.84. The summed E-state index contributed by atoms with van der Waals surface area (Å²) in [5, 5.41) is 0. The van der Waals surface area contributed by atoms with E-state index in [2.05, 4.69) is 10.2 Å². The Morgan fingerprint density at radius 2 is 1.50 bits per heavy atom. The summed E-state index contributed by atoms with van der Waals surface area (Å²) >= 11 is 9.91. The monoisotopic (exact) mass is 111 g/mol. The van der Waals surface area contributed by atoms with Crippen LogP contribution in [-0.2, 0) is 0 Å². The molecule has 0 saturated heterocycles. The minimum atomic E-state index is -0.417. The highest BCUT2D eigenvalue weighted by Gasteiger charge is 1.76. The SMILES string of the molecule is [Si]C(Cl)Cl. The van der Waals surface area contributed by atoms with E-state index >= 15 is 0 Å². The topological polar surface area (TPSA) is 0 Å². The first kappa shape index (κ1) is 4.80. The Hall–Kier alpha value is 0.797. The van der Waals surface area contributed by atoms with Gasteiger partial charge in [0.2, 0.25) is 0 Å². The number of halogens is 2. The molecule has 3 radical (unpaired) electrons. The van der Waals surface area contributed by atoms with E-state index in [1.807, 2.05) is 0 Å². The van der Waals surface area contributed by atoms with Crippen molar-refractivity contribution >= 4 is 33.4 Å². The average molecular weight is 112 g/mol. The average Bonchev–Trinajstić information content (AvgIpc) is 0.811. The Bertz CT molecular complexity index is 10.8. The molecule has 0 rings (SSSR count). The third-order valence-electron chi connectivity index (χ3n) is 0. The molecular weight excluding hydrogens is 111 g/mol. The second-order valence-corrected chi connectivity index (χ2v) is 2.71. The van der Waals surface area contributed by atoms with Crippen molar-refractivity contribution in [3.8, 4) is 0 Å². The Morgan fingerprint density at radius 1 is 1.50 bits per heavy atom. The molecule has 0 N–H and O–H groups in total. The van der Waals surface area contributed by atoms with E-state index in [9.17, 15) is 0 Å². The molecule has 0 heterocycles. The van der Waals surface area contributed by atoms with Gasteiger partial charge in [-0.05, 0) is 0 Å². The van der Waals surface area contributed by atoms with Crippen LogP contribution >= 0.6 is 23.2 Å². The minimum Gasteiger partial charge on any atom is -0.110 e. The van der Waals surface area contributed by atoms with Crippen LogP contribution in [-0.4, -0.2) is 14.7 Å². The van der Waals surface area contributed by atoms with Gasteiger partial charge in [0, 0.05) is 0 Å². The van der Waals surface area contributed by atoms with E-state index in [4.69, 9.17) is 23.2 Å². The number of hydrogen-bond donors (Lipinski definition) is 0. The van der Waals surface area contributed by atoms with Crippen LogP contribution in [0.5, 0.6) is 0 Å². The molecule has 0 bridgehead atoms. The molecule has 4 heavy (non-hydrogen) atoms. The van der Waals surface area contributed by atoms with E-state index in [1.165, 1.54) is 0 Å². The fourth-order valence-electron chi connectivity index (χ4n) is 0. The molecule has 0 aromatic carbocycles. The lowest BCUT2D eigenvalue weighted by Gasteiger charge is -1.71. The van der Waals surface area contributed by atoms with Crippen molar-refractivity contribution in [2.45, 2.75) is 4.46 Å². The van der Waals surface area contributed by atoms with Crippen molar-refractivity contribution in [3.05, 3.63) is 0 Å². The molecule has 0 aliphatic heterocycles. The summed E-state index contributed by atoms with van der Waals surface area (Å²) in [5.41, 5.74) is 0. The smallest absolute Gasteiger partial charge is 0.0898 e. The molecule has 0 aromatic rings. The van der Waals surface area contributed by atoms with Crippen LogP contribution in [0.15, 0.2) is 0 Å². The summed E-state index contributed by atoms with van der Waals surface area (Å²) in [4.78, 5) is 0. The molecule has 0 spiro atoms. The molecule has 0 aromatic heterocycles. The molecule has 0 fully saturated rings. The first-order valence-corrected chi connectivity index (χ1v) is 2.18. The van der Waals surface area contributed by atoms with Crippen molar-refractivity contribution < 1.29 is 0 Å². The van der Waals surface area contributed by atoms with Gasteiger partial charge >= 0.3 is 0 Å². The first-order chi connectivity index (χ1) is 1.73. The van der Waals surface area contributed by atoms with E-state index in [0.717, 1.165) is 0 Å². The van der Waals surface area contributed by atoms with Gasteiger partial charge in [-0.3, -0.25) is 0 Å². The summed E-state index contributed by atoms with van der Waals surface area (Å²) in [6.45, 7) is 0. The van der Waals surface area contributed by atoms with Crippen molar-refractivity contribution in [2.24, 2.45) is 0 Å². The molecule has 0 aliphatic rings. The third-order valence-corrected chi connectivity index (χ3v) is 0. The van der Waals surface area contributed by atoms with E-state index < -0.39 is 4.46 Å². The summed E-state index contributed by atoms with van der Waals surface area (Å²) in [5.74, 6) is 0. The molecule has 0 amide bonds. The fraction of sp³-hybridized carbons (Fsp3) is 1.00. The molecule has 0 atom stereocenters. The van der Waals surface area contributed by atoms with Gasteiger partial charge in [0.1, 0.15) is 0 Å². The van der Waals surface area contributed by atoms with Crippen molar-refractivity contribution in [2.75, 3.05) is 0 Å². The molecule has 0 unspecified atom stereocenters. The zero-order valence-electron chi connectivity index (χ0n) is 1.83. The molecular formula is CHCl2Si. The van der Waals surface area contributed by atoms with Crippen LogP contribution in [0, 0.1) is 0 Å². The van der Waals surface area contributed by atoms with Gasteiger partial charge < -0.3 is 0 Å². The standard InChI is InChI=1S/CHCl2Si/c2-1(3)4/h1H. The minimum absolute atomic E-state index is 0.417. The zero-order valence-corrected chi connectivity index (χ0v) is 4.35. The lowest BCUT2D eigenvalue weighted by Crippen LogP contribution is -1.75. The lowest BCUT2D eigenvalue weighted by molar-refractivity contribution is 1.96. The van der Waals surface area contributed by atoms with Crippen LogP contribution in [0.1, 0.15) is 0 Å². The predicted molar refractivity (Wildman–Crippen MR) is 21.2 cm³/mol. The Labute approximate surface area is 38.5 Å². The predicted octanol–water partition coefficient (Wildman–Crippen LogP) is 0.916. The first-order valence-electron chi connectivity index (χ1n) is 0.725. The van der Waals surface area contributed by atoms with Gasteiger partial charge in [0.25, 0.3) is 0 Å². The Kier molecular flexibility index (Phi) is 2.47. The van der Waals surface area contributed by atoms with E-state index in [0.29, 0.717) is 0 Å². The largest absolute Gasteiger partial charge is 0.110 e. The quantitative estimate of drug-likeness (QED) is 0.323.